The summed E-state index contributed by atoms with van der Waals surface area (Å²) in [5, 5.41) is 13.3. The lowest BCUT2D eigenvalue weighted by Crippen LogP contribution is -2.26. The summed E-state index contributed by atoms with van der Waals surface area (Å²) in [7, 11) is 0. The van der Waals surface area contributed by atoms with Crippen LogP contribution in [0.1, 0.15) is 30.2 Å². The molecule has 190 valence electrons. The number of pyridine rings is 1. The number of aromatic nitrogens is 7. The second kappa shape index (κ2) is 8.89. The van der Waals surface area contributed by atoms with Crippen molar-refractivity contribution in [3.8, 4) is 17.3 Å². The first-order valence-electron chi connectivity index (χ1n) is 10.7. The van der Waals surface area contributed by atoms with Crippen LogP contribution < -0.4 is 16.6 Å². The maximum Gasteiger partial charge on any atom is 0.432 e. The minimum absolute atomic E-state index is 0.0538. The molecular weight excluding hydrogens is 515 g/mol. The summed E-state index contributed by atoms with van der Waals surface area (Å²) in [6.45, 7) is 3.31. The lowest BCUT2D eigenvalue weighted by Gasteiger charge is -2.21. The Bertz CT molecular complexity index is 1690. The number of hydrogen-bond donors (Lipinski definition) is 3. The molecule has 0 aliphatic carbocycles. The Hall–Kier alpha value is -4.46. The molecule has 0 aliphatic heterocycles. The summed E-state index contributed by atoms with van der Waals surface area (Å²) in [5.74, 6) is 0.411. The van der Waals surface area contributed by atoms with Crippen LogP contribution in [-0.4, -0.2) is 34.9 Å². The molecule has 1 unspecified atom stereocenters. The number of nitrogens with zero attached hydrogens (tertiary/aromatic N) is 6. The first kappa shape index (κ1) is 24.2. The average Bonchev–Trinajstić information content (AvgIpc) is 3.48. The molecule has 0 amide bonds. The van der Waals surface area contributed by atoms with Crippen LogP contribution in [0.2, 0.25) is 5.02 Å². The average molecular weight is 532 g/mol. The molecule has 37 heavy (non-hydrogen) atoms. The number of nitrogens with two attached hydrogens (primary N) is 1. The van der Waals surface area contributed by atoms with Crippen molar-refractivity contribution in [1.82, 2.24) is 34.9 Å². The minimum atomic E-state index is -4.69. The number of aryl methyl sites for hydroxylation is 1. The topological polar surface area (TPSA) is 153 Å². The molecule has 4 aromatic heterocycles. The SMILES string of the molecule is Cc1noc(-c2c(N)ncnc2NC(C)c2cc3cccc(Cl)c3c(=O)n2-c2cc(C(F)(F)F)[nH]n2)n1. The van der Waals surface area contributed by atoms with Gasteiger partial charge in [-0.3, -0.25) is 14.5 Å². The Kier molecular flexibility index (Phi) is 5.82. The van der Waals surface area contributed by atoms with Gasteiger partial charge in [0, 0.05) is 6.07 Å². The van der Waals surface area contributed by atoms with Gasteiger partial charge in [-0.2, -0.15) is 23.3 Å². The summed E-state index contributed by atoms with van der Waals surface area (Å²) in [5.41, 5.74) is 4.78. The predicted octanol–water partition coefficient (Wildman–Crippen LogP) is 4.29. The lowest BCUT2D eigenvalue weighted by molar-refractivity contribution is -0.141. The van der Waals surface area contributed by atoms with Gasteiger partial charge in [0.25, 0.3) is 11.4 Å². The summed E-state index contributed by atoms with van der Waals surface area (Å²) < 4.78 is 46.1. The number of fused-ring (bicyclic) bond motifs is 1. The molecule has 5 rings (SSSR count). The highest BCUT2D eigenvalue weighted by molar-refractivity contribution is 6.35. The van der Waals surface area contributed by atoms with Gasteiger partial charge in [0.15, 0.2) is 11.6 Å². The maximum atomic E-state index is 13.6. The van der Waals surface area contributed by atoms with E-state index in [2.05, 4.69) is 30.5 Å². The van der Waals surface area contributed by atoms with Crippen LogP contribution in [0, 0.1) is 6.92 Å². The molecule has 0 bridgehead atoms. The van der Waals surface area contributed by atoms with Gasteiger partial charge in [-0.25, -0.2) is 9.97 Å². The Balaban J connectivity index is 1.68. The molecule has 0 radical (unpaired) electrons. The quantitative estimate of drug-likeness (QED) is 0.301. The third kappa shape index (κ3) is 4.35. The predicted molar refractivity (Wildman–Crippen MR) is 128 cm³/mol. The number of nitrogen functional groups attached to an aromatic ring is 1. The van der Waals surface area contributed by atoms with Crippen molar-refractivity contribution >= 4 is 34.0 Å². The largest absolute Gasteiger partial charge is 0.432 e. The third-order valence-corrected chi connectivity index (χ3v) is 5.85. The smallest absolute Gasteiger partial charge is 0.383 e. The van der Waals surface area contributed by atoms with Crippen molar-refractivity contribution in [2.45, 2.75) is 26.1 Å². The standard InChI is InChI=1S/C22H17ClF3N9O2/c1-9(30-19-17(18(27)28-8-29-19)20-31-10(2)34-37-20)13-6-11-4-3-5-12(23)16(11)21(36)35(13)15-7-14(32-33-15)22(24,25)26/h3-9H,1-2H3,(H,32,33)(H3,27,28,29,30). The van der Waals surface area contributed by atoms with Gasteiger partial charge in [-0.05, 0) is 31.4 Å². The van der Waals surface area contributed by atoms with Crippen LogP contribution in [0.4, 0.5) is 24.8 Å². The monoisotopic (exact) mass is 531 g/mol. The van der Waals surface area contributed by atoms with E-state index in [4.69, 9.17) is 21.9 Å². The van der Waals surface area contributed by atoms with Gasteiger partial charge in [0.05, 0.1) is 22.1 Å². The van der Waals surface area contributed by atoms with Crippen LogP contribution in [0.5, 0.6) is 0 Å². The van der Waals surface area contributed by atoms with Gasteiger partial charge in [-0.1, -0.05) is 28.9 Å². The van der Waals surface area contributed by atoms with Gasteiger partial charge >= 0.3 is 6.18 Å². The molecule has 1 atom stereocenters. The molecule has 4 heterocycles. The normalized spacial score (nSPS) is 12.7. The second-order valence-electron chi connectivity index (χ2n) is 8.05. The highest BCUT2D eigenvalue weighted by atomic mass is 35.5. The molecule has 0 aliphatic rings. The first-order valence-corrected chi connectivity index (χ1v) is 11.1. The van der Waals surface area contributed by atoms with Gasteiger partial charge in [0.1, 0.15) is 29.2 Å². The second-order valence-corrected chi connectivity index (χ2v) is 8.45. The first-order chi connectivity index (χ1) is 17.5. The van der Waals surface area contributed by atoms with Crippen molar-refractivity contribution < 1.29 is 17.7 Å². The van der Waals surface area contributed by atoms with Crippen LogP contribution >= 0.6 is 11.6 Å². The van der Waals surface area contributed by atoms with Crippen molar-refractivity contribution in [3.63, 3.8) is 0 Å². The van der Waals surface area contributed by atoms with Crippen LogP contribution in [0.15, 0.2) is 46.0 Å². The molecule has 1 aromatic carbocycles. The van der Waals surface area contributed by atoms with E-state index in [0.717, 1.165) is 10.6 Å². The van der Waals surface area contributed by atoms with E-state index in [-0.39, 0.29) is 45.0 Å². The fourth-order valence-electron chi connectivity index (χ4n) is 3.86. The fourth-order valence-corrected chi connectivity index (χ4v) is 4.13. The number of rotatable bonds is 5. The molecule has 0 fully saturated rings. The molecule has 0 saturated carbocycles. The van der Waals surface area contributed by atoms with Crippen molar-refractivity contribution in [2.24, 2.45) is 0 Å². The number of alkyl halides is 3. The highest BCUT2D eigenvalue weighted by Crippen LogP contribution is 2.33. The number of H-pyrrole nitrogens is 1. The molecule has 11 nitrogen and oxygen atoms in total. The van der Waals surface area contributed by atoms with Crippen LogP contribution in [-0.2, 0) is 6.18 Å². The van der Waals surface area contributed by atoms with E-state index in [1.165, 1.54) is 12.4 Å². The molecule has 15 heteroatoms. The minimum Gasteiger partial charge on any atom is -0.383 e. The number of benzene rings is 1. The number of anilines is 2. The Morgan fingerprint density at radius 3 is 2.70 bits per heavy atom. The third-order valence-electron chi connectivity index (χ3n) is 5.54. The lowest BCUT2D eigenvalue weighted by atomic mass is 10.1. The highest BCUT2D eigenvalue weighted by Gasteiger charge is 2.34. The van der Waals surface area contributed by atoms with E-state index >= 15 is 0 Å². The van der Waals surface area contributed by atoms with Crippen molar-refractivity contribution in [2.75, 3.05) is 11.1 Å². The molecule has 4 N–H and O–H groups in total. The zero-order valence-electron chi connectivity index (χ0n) is 19.1. The van der Waals surface area contributed by atoms with Gasteiger partial charge in [-0.15, -0.1) is 0 Å². The fraction of sp³-hybridized carbons (Fsp3) is 0.182. The Labute approximate surface area is 210 Å². The van der Waals surface area contributed by atoms with Gasteiger partial charge in [0.2, 0.25) is 0 Å². The number of aromatic amines is 1. The van der Waals surface area contributed by atoms with E-state index in [1.54, 1.807) is 32.0 Å². The van der Waals surface area contributed by atoms with E-state index < -0.39 is 23.5 Å². The summed E-state index contributed by atoms with van der Waals surface area (Å²) in [6.07, 6.45) is -3.48. The molecule has 5 aromatic rings. The summed E-state index contributed by atoms with van der Waals surface area (Å²) >= 11 is 6.28. The number of hydrogen-bond acceptors (Lipinski definition) is 9. The zero-order valence-corrected chi connectivity index (χ0v) is 19.9. The van der Waals surface area contributed by atoms with E-state index in [1.807, 2.05) is 5.10 Å². The van der Waals surface area contributed by atoms with Gasteiger partial charge < -0.3 is 15.6 Å². The van der Waals surface area contributed by atoms with E-state index in [0.29, 0.717) is 11.2 Å². The number of nitrogens with one attached hydrogen (secondary N) is 2. The van der Waals surface area contributed by atoms with Crippen molar-refractivity contribution in [3.05, 3.63) is 69.2 Å². The van der Waals surface area contributed by atoms with Crippen LogP contribution in [0.25, 0.3) is 28.0 Å². The van der Waals surface area contributed by atoms with E-state index in [9.17, 15) is 18.0 Å². The Morgan fingerprint density at radius 2 is 2.03 bits per heavy atom. The van der Waals surface area contributed by atoms with Crippen LogP contribution in [0.3, 0.4) is 0 Å². The molecule has 0 saturated heterocycles. The summed E-state index contributed by atoms with van der Waals surface area (Å²) in [6, 6.07) is 6.50. The Morgan fingerprint density at radius 1 is 1.24 bits per heavy atom. The van der Waals surface area contributed by atoms with Crippen molar-refractivity contribution in [1.29, 1.82) is 0 Å². The maximum absolute atomic E-state index is 13.6. The number of halogens is 4. The zero-order chi connectivity index (χ0) is 26.5. The summed E-state index contributed by atoms with van der Waals surface area (Å²) in [4.78, 5) is 25.9. The molecule has 0 spiro atoms. The molecular formula is C22H17ClF3N9O2.